The van der Waals surface area contributed by atoms with Gasteiger partial charge in [0.1, 0.15) is 0 Å². The summed E-state index contributed by atoms with van der Waals surface area (Å²) in [4.78, 5) is 21.4. The summed E-state index contributed by atoms with van der Waals surface area (Å²) in [6, 6.07) is 12.7. The van der Waals surface area contributed by atoms with Gasteiger partial charge in [0.15, 0.2) is 0 Å². The fourth-order valence-electron chi connectivity index (χ4n) is 5.23. The van der Waals surface area contributed by atoms with E-state index >= 15 is 0 Å². The minimum Gasteiger partial charge on any atom is -0.369 e. The van der Waals surface area contributed by atoms with Crippen molar-refractivity contribution >= 4 is 17.3 Å². The highest BCUT2D eigenvalue weighted by molar-refractivity contribution is 5.65. The van der Waals surface area contributed by atoms with E-state index in [-0.39, 0.29) is 0 Å². The van der Waals surface area contributed by atoms with Crippen LogP contribution in [0.15, 0.2) is 48.8 Å². The van der Waals surface area contributed by atoms with Gasteiger partial charge >= 0.3 is 0 Å². The van der Waals surface area contributed by atoms with Gasteiger partial charge in [0.05, 0.1) is 5.69 Å². The summed E-state index contributed by atoms with van der Waals surface area (Å²) in [6.45, 7) is 10.2. The Morgan fingerprint density at radius 2 is 1.72 bits per heavy atom. The highest BCUT2D eigenvalue weighted by Gasteiger charge is 2.16. The minimum absolute atomic E-state index is 0.602. The van der Waals surface area contributed by atoms with Crippen molar-refractivity contribution < 1.29 is 0 Å². The molecule has 1 N–H and O–H groups in total. The topological polar surface area (TPSA) is 60.4 Å². The molecule has 3 aromatic rings. The van der Waals surface area contributed by atoms with Crippen LogP contribution in [-0.4, -0.2) is 77.6 Å². The molecule has 4 heterocycles. The van der Waals surface area contributed by atoms with Crippen LogP contribution in [0.3, 0.4) is 0 Å². The van der Waals surface area contributed by atoms with Crippen molar-refractivity contribution in [2.45, 2.75) is 39.0 Å². The minimum atomic E-state index is 0.602. The number of rotatable bonds is 8. The molecule has 5 rings (SSSR count). The fourth-order valence-corrected chi connectivity index (χ4v) is 5.23. The molecule has 0 atom stereocenters. The Morgan fingerprint density at radius 3 is 2.47 bits per heavy atom. The Labute approximate surface area is 215 Å². The van der Waals surface area contributed by atoms with Crippen LogP contribution in [0, 0.1) is 6.92 Å². The smallest absolute Gasteiger partial charge is 0.227 e. The average Bonchev–Trinajstić information content (AvgIpc) is 2.91. The molecule has 7 nitrogen and oxygen atoms in total. The Balaban J connectivity index is 1.18. The number of piperidine rings is 1. The second-order valence-electron chi connectivity index (χ2n) is 10.2. The number of hydrogen-bond acceptors (Lipinski definition) is 7. The molecular weight excluding hydrogens is 446 g/mol. The summed E-state index contributed by atoms with van der Waals surface area (Å²) in [7, 11) is 2.19. The van der Waals surface area contributed by atoms with Crippen LogP contribution in [0.2, 0.25) is 0 Å². The second-order valence-corrected chi connectivity index (χ2v) is 10.2. The molecule has 7 heteroatoms. The molecule has 0 amide bonds. The SMILES string of the molecule is Cc1cc(Nc2nccc(-c3ccc(CCCN4CCCCC4)nc3)n2)ccc1N1CCN(C)CC1. The molecule has 36 heavy (non-hydrogen) atoms. The molecule has 0 bridgehead atoms. The van der Waals surface area contributed by atoms with Gasteiger partial charge in [0.2, 0.25) is 5.95 Å². The molecule has 0 spiro atoms. The van der Waals surface area contributed by atoms with Crippen molar-refractivity contribution in [1.82, 2.24) is 24.8 Å². The summed E-state index contributed by atoms with van der Waals surface area (Å²) in [6.07, 6.45) is 10.0. The number of likely N-dealkylation sites (tertiary alicyclic amines) is 1. The maximum atomic E-state index is 4.76. The third-order valence-corrected chi connectivity index (χ3v) is 7.43. The third-order valence-electron chi connectivity index (χ3n) is 7.43. The van der Waals surface area contributed by atoms with Crippen LogP contribution in [-0.2, 0) is 6.42 Å². The number of piperazine rings is 1. The zero-order chi connectivity index (χ0) is 24.7. The number of anilines is 3. The molecule has 0 unspecified atom stereocenters. The highest BCUT2D eigenvalue weighted by atomic mass is 15.2. The molecule has 2 aliphatic heterocycles. The molecule has 2 aromatic heterocycles. The maximum absolute atomic E-state index is 4.76. The van der Waals surface area contributed by atoms with E-state index < -0.39 is 0 Å². The van der Waals surface area contributed by atoms with Gasteiger partial charge in [-0.25, -0.2) is 9.97 Å². The average molecular weight is 486 g/mol. The predicted molar refractivity (Wildman–Crippen MR) is 148 cm³/mol. The zero-order valence-electron chi connectivity index (χ0n) is 21.8. The first-order valence-corrected chi connectivity index (χ1v) is 13.5. The van der Waals surface area contributed by atoms with Gasteiger partial charge in [-0.15, -0.1) is 0 Å². The Bertz CT molecular complexity index is 1120. The third kappa shape index (κ3) is 6.39. The number of likely N-dealkylation sites (N-methyl/N-ethyl adjacent to an activating group) is 1. The first-order valence-electron chi connectivity index (χ1n) is 13.5. The van der Waals surface area contributed by atoms with Gasteiger partial charge in [0, 0.05) is 61.2 Å². The van der Waals surface area contributed by atoms with Gasteiger partial charge in [0.25, 0.3) is 0 Å². The van der Waals surface area contributed by atoms with Gasteiger partial charge in [-0.2, -0.15) is 0 Å². The van der Waals surface area contributed by atoms with Crippen LogP contribution in [0.5, 0.6) is 0 Å². The van der Waals surface area contributed by atoms with Crippen molar-refractivity contribution in [3.05, 3.63) is 60.0 Å². The van der Waals surface area contributed by atoms with Crippen LogP contribution >= 0.6 is 0 Å². The van der Waals surface area contributed by atoms with E-state index in [4.69, 9.17) is 9.97 Å². The summed E-state index contributed by atoms with van der Waals surface area (Å²) >= 11 is 0. The van der Waals surface area contributed by atoms with E-state index in [0.717, 1.165) is 55.2 Å². The lowest BCUT2D eigenvalue weighted by molar-refractivity contribution is 0.226. The first kappa shape index (κ1) is 24.7. The van der Waals surface area contributed by atoms with E-state index in [1.165, 1.54) is 56.6 Å². The van der Waals surface area contributed by atoms with Crippen molar-refractivity contribution in [2.75, 3.05) is 63.1 Å². The number of benzene rings is 1. The first-order chi connectivity index (χ1) is 17.6. The van der Waals surface area contributed by atoms with Gasteiger partial charge in [-0.05, 0) is 101 Å². The van der Waals surface area contributed by atoms with Crippen LogP contribution in [0.25, 0.3) is 11.3 Å². The molecule has 190 valence electrons. The number of nitrogens with one attached hydrogen (secondary N) is 1. The summed E-state index contributed by atoms with van der Waals surface area (Å²) < 4.78 is 0. The van der Waals surface area contributed by atoms with Gasteiger partial charge in [-0.1, -0.05) is 6.42 Å². The van der Waals surface area contributed by atoms with Crippen LogP contribution < -0.4 is 10.2 Å². The van der Waals surface area contributed by atoms with E-state index in [1.54, 1.807) is 0 Å². The highest BCUT2D eigenvalue weighted by Crippen LogP contribution is 2.26. The van der Waals surface area contributed by atoms with Gasteiger partial charge < -0.3 is 20.0 Å². The Morgan fingerprint density at radius 1 is 0.889 bits per heavy atom. The molecular formula is C29H39N7. The normalized spacial score (nSPS) is 17.3. The zero-order valence-corrected chi connectivity index (χ0v) is 21.8. The molecule has 0 aliphatic carbocycles. The molecule has 2 fully saturated rings. The van der Waals surface area contributed by atoms with Crippen LogP contribution in [0.4, 0.5) is 17.3 Å². The second kappa shape index (κ2) is 11.8. The number of nitrogens with zero attached hydrogens (tertiary/aromatic N) is 6. The lowest BCUT2D eigenvalue weighted by atomic mass is 10.1. The Hall–Kier alpha value is -3.03. The van der Waals surface area contributed by atoms with Crippen molar-refractivity contribution in [2.24, 2.45) is 0 Å². The molecule has 0 radical (unpaired) electrons. The van der Waals surface area contributed by atoms with E-state index in [2.05, 4.69) is 69.3 Å². The maximum Gasteiger partial charge on any atom is 0.227 e. The molecule has 2 aliphatic rings. The summed E-state index contributed by atoms with van der Waals surface area (Å²) in [5, 5.41) is 3.39. The fraction of sp³-hybridized carbons (Fsp3) is 0.483. The predicted octanol–water partition coefficient (Wildman–Crippen LogP) is 4.76. The van der Waals surface area contributed by atoms with Crippen molar-refractivity contribution in [1.29, 1.82) is 0 Å². The standard InChI is InChI=1S/C29H39N7/c1-23-21-26(10-11-28(23)36-19-17-34(2)18-20-36)32-29-30-13-12-27(33-29)24-8-9-25(31-22-24)7-6-16-35-14-4-3-5-15-35/h8-13,21-22H,3-7,14-20H2,1-2H3,(H,30,32,33). The molecule has 2 saturated heterocycles. The number of aromatic nitrogens is 3. The molecule has 0 saturated carbocycles. The number of aryl methyl sites for hydroxylation is 2. The molecule has 1 aromatic carbocycles. The van der Waals surface area contributed by atoms with Crippen molar-refractivity contribution in [3.8, 4) is 11.3 Å². The monoisotopic (exact) mass is 485 g/mol. The number of pyridine rings is 1. The summed E-state index contributed by atoms with van der Waals surface area (Å²) in [5.41, 5.74) is 6.63. The van der Waals surface area contributed by atoms with Gasteiger partial charge in [-0.3, -0.25) is 4.98 Å². The lowest BCUT2D eigenvalue weighted by Crippen LogP contribution is -2.44. The van der Waals surface area contributed by atoms with E-state index in [9.17, 15) is 0 Å². The van der Waals surface area contributed by atoms with E-state index in [1.807, 2.05) is 18.5 Å². The quantitative estimate of drug-likeness (QED) is 0.494. The van der Waals surface area contributed by atoms with Crippen LogP contribution in [0.1, 0.15) is 36.9 Å². The van der Waals surface area contributed by atoms with Crippen molar-refractivity contribution in [3.63, 3.8) is 0 Å². The van der Waals surface area contributed by atoms with E-state index in [0.29, 0.717) is 5.95 Å². The summed E-state index contributed by atoms with van der Waals surface area (Å²) in [5.74, 6) is 0.602. The largest absolute Gasteiger partial charge is 0.369 e. The Kier molecular flexibility index (Phi) is 8.08. The number of hydrogen-bond donors (Lipinski definition) is 1. The lowest BCUT2D eigenvalue weighted by Gasteiger charge is -2.35.